The van der Waals surface area contributed by atoms with E-state index in [1.165, 1.54) is 54.6 Å². The molecule has 0 atom stereocenters. The lowest BCUT2D eigenvalue weighted by atomic mass is 10.0. The van der Waals surface area contributed by atoms with Crippen LogP contribution in [0.1, 0.15) is 20.7 Å². The van der Waals surface area contributed by atoms with E-state index in [1.54, 1.807) is 0 Å². The molecular weight excluding hydrogens is 657 g/mol. The van der Waals surface area contributed by atoms with Crippen LogP contribution in [0.5, 0.6) is 5.75 Å². The van der Waals surface area contributed by atoms with Crippen LogP contribution in [-0.4, -0.2) is 71.8 Å². The van der Waals surface area contributed by atoms with Crippen molar-refractivity contribution in [2.24, 2.45) is 0 Å². The quantitative estimate of drug-likeness (QED) is 0.201. The molecule has 43 heavy (non-hydrogen) atoms. The summed E-state index contributed by atoms with van der Waals surface area (Å²) in [6, 6.07) is 17.2. The fourth-order valence-electron chi connectivity index (χ4n) is 4.11. The Morgan fingerprint density at radius 2 is 0.907 bits per heavy atom. The molecule has 0 saturated carbocycles. The number of ketones is 2. The number of hydrogen-bond donors (Lipinski definition) is 3. The van der Waals surface area contributed by atoms with Crippen LogP contribution in [0.4, 0.5) is 0 Å². The van der Waals surface area contributed by atoms with Crippen molar-refractivity contribution in [1.29, 1.82) is 0 Å². The lowest BCUT2D eigenvalue weighted by Gasteiger charge is -2.37. The van der Waals surface area contributed by atoms with Gasteiger partial charge in [-0.2, -0.15) is 42.3 Å². The average molecular weight is 675 g/mol. The summed E-state index contributed by atoms with van der Waals surface area (Å²) in [6.45, 7) is 0. The van der Waals surface area contributed by atoms with E-state index in [9.17, 15) is 56.9 Å². The lowest BCUT2D eigenvalue weighted by molar-refractivity contribution is 0.0984. The fraction of sp³-hybridized carbons (Fsp3) is 0.0435. The van der Waals surface area contributed by atoms with Crippen LogP contribution < -0.4 is 4.18 Å². The minimum Gasteiger partial charge on any atom is -0.367 e. The number of para-hydroxylation sites is 1. The Labute approximate surface area is 245 Å². The van der Waals surface area contributed by atoms with Crippen molar-refractivity contribution < 1.29 is 61.1 Å². The molecule has 0 amide bonds. The summed E-state index contributed by atoms with van der Waals surface area (Å²) in [5.41, 5.74) is -4.93. The third-order valence-electron chi connectivity index (χ3n) is 5.72. The lowest BCUT2D eigenvalue weighted by Crippen LogP contribution is -2.67. The summed E-state index contributed by atoms with van der Waals surface area (Å²) in [6.07, 6.45) is 0. The molecule has 0 fully saturated rings. The first kappa shape index (κ1) is 31.7. The topological polar surface area (TPSA) is 247 Å². The maximum atomic E-state index is 13.9. The molecule has 228 valence electrons. The second-order valence-electron chi connectivity index (χ2n) is 8.45. The molecule has 0 aliphatic carbocycles. The first-order valence-corrected chi connectivity index (χ1v) is 17.0. The van der Waals surface area contributed by atoms with E-state index in [4.69, 9.17) is 4.18 Å². The van der Waals surface area contributed by atoms with Crippen LogP contribution in [0.3, 0.4) is 0 Å². The smallest absolute Gasteiger partial charge is 0.367 e. The van der Waals surface area contributed by atoms with Crippen LogP contribution in [0, 0.1) is 0 Å². The van der Waals surface area contributed by atoms with Gasteiger partial charge >= 0.3 is 45.2 Å². The van der Waals surface area contributed by atoms with Crippen molar-refractivity contribution in [3.63, 3.8) is 0 Å². The predicted octanol–water partition coefficient (Wildman–Crippen LogP) is 1.09. The van der Waals surface area contributed by atoms with Gasteiger partial charge in [-0.15, -0.1) is 0 Å². The Hall–Kier alpha value is -4.18. The van der Waals surface area contributed by atoms with Crippen LogP contribution in [0.15, 0.2) is 102 Å². The Morgan fingerprint density at radius 3 is 1.26 bits per heavy atom. The Balaban J connectivity index is 2.29. The van der Waals surface area contributed by atoms with Gasteiger partial charge in [0.2, 0.25) is 11.6 Å². The summed E-state index contributed by atoms with van der Waals surface area (Å²) >= 11 is 0. The highest BCUT2D eigenvalue weighted by atomic mass is 32.3. The molecule has 0 aromatic heterocycles. The molecule has 4 rings (SSSR count). The van der Waals surface area contributed by atoms with Crippen LogP contribution in [-0.2, 0) is 40.8 Å². The van der Waals surface area contributed by atoms with E-state index in [2.05, 4.69) is 0 Å². The highest BCUT2D eigenvalue weighted by molar-refractivity contribution is 8.07. The number of rotatable bonds is 10. The molecule has 16 nitrogen and oxygen atoms in total. The van der Waals surface area contributed by atoms with Gasteiger partial charge in [0.1, 0.15) is 17.1 Å². The van der Waals surface area contributed by atoms with Crippen molar-refractivity contribution in [3.8, 4) is 5.75 Å². The average Bonchev–Trinajstić information content (AvgIpc) is 3.29. The number of carbonyl (C=O) groups excluding carboxylic acids is 2. The SMILES string of the molecule is O=C(C1=C(C(=O)c2ccccc2)N(S(=O)(=O)Oc2ccccc2)C(S(=O)(=O)O)(S(=O)(=O)O)N1S(=O)(=O)O)c1ccccc1. The van der Waals surface area contributed by atoms with Crippen molar-refractivity contribution >= 4 is 52.4 Å². The van der Waals surface area contributed by atoms with Gasteiger partial charge in [0.15, 0.2) is 0 Å². The largest absolute Gasteiger partial charge is 0.414 e. The van der Waals surface area contributed by atoms with Gasteiger partial charge in [-0.05, 0) is 12.1 Å². The summed E-state index contributed by atoms with van der Waals surface area (Å²) in [5, 5.41) is 0. The van der Waals surface area contributed by atoms with E-state index < -0.39 is 93.6 Å². The summed E-state index contributed by atoms with van der Waals surface area (Å²) < 4.78 is 133. The fourth-order valence-corrected chi connectivity index (χ4v) is 10.6. The van der Waals surface area contributed by atoms with E-state index in [0.29, 0.717) is 0 Å². The molecule has 3 aromatic rings. The van der Waals surface area contributed by atoms with Crippen LogP contribution >= 0.6 is 0 Å². The van der Waals surface area contributed by atoms with Crippen molar-refractivity contribution in [2.75, 3.05) is 0 Å². The van der Waals surface area contributed by atoms with Gasteiger partial charge in [0, 0.05) is 11.1 Å². The molecule has 0 radical (unpaired) electrons. The van der Waals surface area contributed by atoms with Crippen LogP contribution in [0.25, 0.3) is 0 Å². The summed E-state index contributed by atoms with van der Waals surface area (Å²) in [5.74, 6) is -4.13. The maximum Gasteiger partial charge on any atom is 0.414 e. The molecule has 1 heterocycles. The van der Waals surface area contributed by atoms with Crippen molar-refractivity contribution in [1.82, 2.24) is 8.61 Å². The van der Waals surface area contributed by atoms with E-state index in [1.807, 2.05) is 0 Å². The van der Waals surface area contributed by atoms with Gasteiger partial charge in [0.05, 0.1) is 0 Å². The van der Waals surface area contributed by atoms with Gasteiger partial charge in [-0.3, -0.25) is 23.2 Å². The van der Waals surface area contributed by atoms with Crippen molar-refractivity contribution in [3.05, 3.63) is 114 Å². The minimum atomic E-state index is -6.91. The zero-order valence-corrected chi connectivity index (χ0v) is 24.3. The molecule has 0 saturated heterocycles. The third kappa shape index (κ3) is 5.40. The maximum absolute atomic E-state index is 13.9. The Kier molecular flexibility index (Phi) is 7.99. The molecule has 0 unspecified atom stereocenters. The molecule has 1 aliphatic rings. The zero-order valence-electron chi connectivity index (χ0n) is 21.0. The molecule has 0 bridgehead atoms. The van der Waals surface area contributed by atoms with E-state index in [-0.39, 0.29) is 0 Å². The normalized spacial score (nSPS) is 15.8. The molecule has 3 N–H and O–H groups in total. The van der Waals surface area contributed by atoms with Crippen molar-refractivity contribution in [2.45, 2.75) is 4.33 Å². The minimum absolute atomic E-state index is 0.576. The summed E-state index contributed by atoms with van der Waals surface area (Å²) in [4.78, 5) is 27.7. The zero-order chi connectivity index (χ0) is 32.0. The second-order valence-corrected chi connectivity index (χ2v) is 14.4. The predicted molar refractivity (Wildman–Crippen MR) is 146 cm³/mol. The van der Waals surface area contributed by atoms with Gasteiger partial charge in [0.25, 0.3) is 0 Å². The number of carbonyl (C=O) groups is 2. The number of hydrogen-bond acceptors (Lipinski definition) is 11. The number of allylic oxidation sites excluding steroid dienone is 2. The Bertz CT molecular complexity index is 2030. The number of Topliss-reactive ketones (excluding diaryl/α,β-unsaturated/α-hetero) is 2. The second kappa shape index (κ2) is 10.8. The van der Waals surface area contributed by atoms with E-state index in [0.717, 1.165) is 36.4 Å². The van der Waals surface area contributed by atoms with Gasteiger partial charge in [-0.25, -0.2) is 0 Å². The third-order valence-corrected chi connectivity index (χ3v) is 11.7. The van der Waals surface area contributed by atoms with E-state index >= 15 is 0 Å². The molecular formula is C23H18N2O14S4. The first-order chi connectivity index (χ1) is 19.9. The molecule has 0 spiro atoms. The standard InChI is InChI=1S/C23H18N2O14S4/c26-21(16-10-4-1-5-11-16)19-20(22(27)17-12-6-2-7-13-17)25(43(37,38)39-18-14-8-3-9-15-18)23(40(28,29)30,41(31,32)33)24(19)42(34,35)36/h1-15H,(H,28,29,30)(H,31,32,33)(H,34,35,36). The summed E-state index contributed by atoms with van der Waals surface area (Å²) in [7, 11) is -26.6. The first-order valence-electron chi connectivity index (χ1n) is 11.3. The molecule has 1 aliphatic heterocycles. The number of nitrogens with zero attached hydrogens (tertiary/aromatic N) is 2. The van der Waals surface area contributed by atoms with Crippen LogP contribution in [0.2, 0.25) is 0 Å². The highest BCUT2D eigenvalue weighted by Crippen LogP contribution is 2.49. The monoisotopic (exact) mass is 674 g/mol. The highest BCUT2D eigenvalue weighted by Gasteiger charge is 2.78. The molecule has 20 heteroatoms. The Morgan fingerprint density at radius 1 is 0.558 bits per heavy atom. The van der Waals surface area contributed by atoms with Gasteiger partial charge < -0.3 is 4.18 Å². The number of benzene rings is 3. The van der Waals surface area contributed by atoms with Gasteiger partial charge in [-0.1, -0.05) is 78.9 Å². The molecule has 3 aromatic carbocycles.